The van der Waals surface area contributed by atoms with Crippen molar-refractivity contribution < 1.29 is 0 Å². The highest BCUT2D eigenvalue weighted by Crippen LogP contribution is 2.25. The lowest BCUT2D eigenvalue weighted by molar-refractivity contribution is 0.817. The van der Waals surface area contributed by atoms with E-state index in [1.54, 1.807) is 0 Å². The van der Waals surface area contributed by atoms with E-state index in [-0.39, 0.29) is 6.04 Å². The van der Waals surface area contributed by atoms with E-state index in [4.69, 9.17) is 0 Å². The van der Waals surface area contributed by atoms with Gasteiger partial charge in [0, 0.05) is 22.2 Å². The van der Waals surface area contributed by atoms with Crippen molar-refractivity contribution in [3.63, 3.8) is 0 Å². The van der Waals surface area contributed by atoms with Gasteiger partial charge >= 0.3 is 0 Å². The third-order valence-corrected chi connectivity index (χ3v) is 4.36. The molecule has 2 heterocycles. The summed E-state index contributed by atoms with van der Waals surface area (Å²) >= 11 is 5.26. The van der Waals surface area contributed by atoms with Gasteiger partial charge in [0.2, 0.25) is 0 Å². The summed E-state index contributed by atoms with van der Waals surface area (Å²) in [5.41, 5.74) is 0. The van der Waals surface area contributed by atoms with Crippen LogP contribution in [0, 0.1) is 6.92 Å². The van der Waals surface area contributed by atoms with Crippen LogP contribution in [0.1, 0.15) is 41.9 Å². The molecule has 2 aromatic heterocycles. The lowest BCUT2D eigenvalue weighted by Gasteiger charge is -2.13. The average molecular weight is 340 g/mol. The average Bonchev–Trinajstić information content (AvgIpc) is 2.75. The molecule has 0 aliphatic carbocycles. The summed E-state index contributed by atoms with van der Waals surface area (Å²) in [5, 5.41) is 3.44. The minimum absolute atomic E-state index is 0.259. The molecule has 102 valence electrons. The summed E-state index contributed by atoms with van der Waals surface area (Å²) in [6, 6.07) is 6.50. The molecule has 0 bridgehead atoms. The molecule has 0 saturated heterocycles. The SMILES string of the molecule is CCCc1nc(Br)cc(NC(C)c2ccc(C)s2)n1. The molecule has 0 spiro atoms. The van der Waals surface area contributed by atoms with Crippen molar-refractivity contribution >= 4 is 33.1 Å². The Balaban J connectivity index is 2.14. The van der Waals surface area contributed by atoms with Crippen LogP contribution in [0.3, 0.4) is 0 Å². The van der Waals surface area contributed by atoms with Crippen LogP contribution < -0.4 is 5.32 Å². The molecule has 1 N–H and O–H groups in total. The Hall–Kier alpha value is -0.940. The van der Waals surface area contributed by atoms with E-state index < -0.39 is 0 Å². The number of aryl methyl sites for hydroxylation is 2. The standard InChI is InChI=1S/C14H18BrN3S/c1-4-5-13-17-12(15)8-14(18-13)16-10(3)11-7-6-9(2)19-11/h6-8,10H,4-5H2,1-3H3,(H,16,17,18). The fraction of sp³-hybridized carbons (Fsp3) is 0.429. The van der Waals surface area contributed by atoms with Gasteiger partial charge in [0.25, 0.3) is 0 Å². The molecular weight excluding hydrogens is 322 g/mol. The van der Waals surface area contributed by atoms with Gasteiger partial charge in [-0.3, -0.25) is 0 Å². The molecule has 0 saturated carbocycles. The summed E-state index contributed by atoms with van der Waals surface area (Å²) in [6.07, 6.45) is 1.95. The molecule has 0 fully saturated rings. The van der Waals surface area contributed by atoms with E-state index in [1.165, 1.54) is 9.75 Å². The fourth-order valence-corrected chi connectivity index (χ4v) is 3.15. The molecule has 0 aromatic carbocycles. The number of aromatic nitrogens is 2. The first-order chi connectivity index (χ1) is 9.08. The van der Waals surface area contributed by atoms with E-state index in [0.29, 0.717) is 0 Å². The van der Waals surface area contributed by atoms with Gasteiger partial charge in [-0.2, -0.15) is 0 Å². The number of nitrogens with zero attached hydrogens (tertiary/aromatic N) is 2. The zero-order chi connectivity index (χ0) is 13.8. The monoisotopic (exact) mass is 339 g/mol. The summed E-state index contributed by atoms with van der Waals surface area (Å²) in [6.45, 7) is 6.41. The smallest absolute Gasteiger partial charge is 0.132 e. The molecule has 0 radical (unpaired) electrons. The van der Waals surface area contributed by atoms with Crippen molar-refractivity contribution in [2.75, 3.05) is 5.32 Å². The van der Waals surface area contributed by atoms with Gasteiger partial charge in [0.1, 0.15) is 16.2 Å². The number of thiophene rings is 1. The predicted molar refractivity (Wildman–Crippen MR) is 84.8 cm³/mol. The largest absolute Gasteiger partial charge is 0.363 e. The Morgan fingerprint density at radius 1 is 1.37 bits per heavy atom. The van der Waals surface area contributed by atoms with Crippen LogP contribution in [-0.4, -0.2) is 9.97 Å². The maximum atomic E-state index is 4.55. The zero-order valence-corrected chi connectivity index (χ0v) is 13.8. The van der Waals surface area contributed by atoms with Gasteiger partial charge in [0.15, 0.2) is 0 Å². The van der Waals surface area contributed by atoms with Crippen molar-refractivity contribution in [3.8, 4) is 0 Å². The lowest BCUT2D eigenvalue weighted by Crippen LogP contribution is -2.08. The Morgan fingerprint density at radius 3 is 2.79 bits per heavy atom. The summed E-state index contributed by atoms with van der Waals surface area (Å²) in [5.74, 6) is 1.76. The molecule has 19 heavy (non-hydrogen) atoms. The van der Waals surface area contributed by atoms with E-state index in [2.05, 4.69) is 64.1 Å². The minimum atomic E-state index is 0.259. The third kappa shape index (κ3) is 4.01. The third-order valence-electron chi connectivity index (χ3n) is 2.77. The minimum Gasteiger partial charge on any atom is -0.363 e. The van der Waals surface area contributed by atoms with E-state index in [1.807, 2.05) is 17.4 Å². The normalized spacial score (nSPS) is 12.4. The molecular formula is C14H18BrN3S. The summed E-state index contributed by atoms with van der Waals surface area (Å²) < 4.78 is 0.836. The lowest BCUT2D eigenvalue weighted by atomic mass is 10.2. The zero-order valence-electron chi connectivity index (χ0n) is 11.4. The molecule has 1 atom stereocenters. The number of hydrogen-bond acceptors (Lipinski definition) is 4. The molecule has 0 aliphatic heterocycles. The van der Waals surface area contributed by atoms with Crippen molar-refractivity contribution in [3.05, 3.63) is 38.4 Å². The van der Waals surface area contributed by atoms with Crippen LogP contribution in [0.15, 0.2) is 22.8 Å². The van der Waals surface area contributed by atoms with E-state index >= 15 is 0 Å². The number of anilines is 1. The Morgan fingerprint density at radius 2 is 2.16 bits per heavy atom. The Bertz CT molecular complexity index is 553. The van der Waals surface area contributed by atoms with Crippen molar-refractivity contribution in [1.82, 2.24) is 9.97 Å². The van der Waals surface area contributed by atoms with Crippen LogP contribution in [-0.2, 0) is 6.42 Å². The van der Waals surface area contributed by atoms with Crippen molar-refractivity contribution in [2.45, 2.75) is 39.7 Å². The second-order valence-electron chi connectivity index (χ2n) is 4.56. The summed E-state index contributed by atoms with van der Waals surface area (Å²) in [4.78, 5) is 11.6. The molecule has 2 rings (SSSR count). The molecule has 1 unspecified atom stereocenters. The summed E-state index contributed by atoms with van der Waals surface area (Å²) in [7, 11) is 0. The topological polar surface area (TPSA) is 37.8 Å². The molecule has 0 aliphatic rings. The van der Waals surface area contributed by atoms with Gasteiger partial charge < -0.3 is 5.32 Å². The van der Waals surface area contributed by atoms with Gasteiger partial charge in [0.05, 0.1) is 6.04 Å². The fourth-order valence-electron chi connectivity index (χ4n) is 1.85. The number of halogens is 1. The maximum absolute atomic E-state index is 4.55. The molecule has 2 aromatic rings. The van der Waals surface area contributed by atoms with Gasteiger partial charge in [-0.1, -0.05) is 6.92 Å². The number of hydrogen-bond donors (Lipinski definition) is 1. The van der Waals surface area contributed by atoms with Crippen molar-refractivity contribution in [2.24, 2.45) is 0 Å². The Labute approximate surface area is 126 Å². The first kappa shape index (κ1) is 14.5. The van der Waals surface area contributed by atoms with Crippen molar-refractivity contribution in [1.29, 1.82) is 0 Å². The molecule has 3 nitrogen and oxygen atoms in total. The quantitative estimate of drug-likeness (QED) is 0.799. The number of nitrogens with one attached hydrogen (secondary N) is 1. The first-order valence-corrected chi connectivity index (χ1v) is 8.05. The second-order valence-corrected chi connectivity index (χ2v) is 6.69. The highest BCUT2D eigenvalue weighted by Gasteiger charge is 2.10. The Kier molecular flexibility index (Phi) is 4.93. The van der Waals surface area contributed by atoms with Gasteiger partial charge in [-0.25, -0.2) is 9.97 Å². The van der Waals surface area contributed by atoms with Gasteiger partial charge in [-0.05, 0) is 48.3 Å². The first-order valence-electron chi connectivity index (χ1n) is 6.45. The van der Waals surface area contributed by atoms with Crippen LogP contribution in [0.2, 0.25) is 0 Å². The highest BCUT2D eigenvalue weighted by molar-refractivity contribution is 9.10. The highest BCUT2D eigenvalue weighted by atomic mass is 79.9. The van der Waals surface area contributed by atoms with Crippen LogP contribution >= 0.6 is 27.3 Å². The van der Waals surface area contributed by atoms with Crippen LogP contribution in [0.4, 0.5) is 5.82 Å². The molecule has 5 heteroatoms. The predicted octanol–water partition coefficient (Wildman–Crippen LogP) is 4.73. The second kappa shape index (κ2) is 6.48. The van der Waals surface area contributed by atoms with E-state index in [9.17, 15) is 0 Å². The van der Waals surface area contributed by atoms with Gasteiger partial charge in [-0.15, -0.1) is 11.3 Å². The van der Waals surface area contributed by atoms with Crippen LogP contribution in [0.5, 0.6) is 0 Å². The maximum Gasteiger partial charge on any atom is 0.132 e. The van der Waals surface area contributed by atoms with Crippen LogP contribution in [0.25, 0.3) is 0 Å². The number of rotatable bonds is 5. The van der Waals surface area contributed by atoms with E-state index in [0.717, 1.165) is 29.1 Å². The molecule has 0 amide bonds.